The molecule has 1 saturated heterocycles. The SMILES string of the molecule is Clc1cccnc1-c1noc([C@H]2CCCCN2)n1. The zero-order chi connectivity index (χ0) is 12.4. The highest BCUT2D eigenvalue weighted by Gasteiger charge is 2.22. The number of aromatic nitrogens is 3. The fourth-order valence-corrected chi connectivity index (χ4v) is 2.29. The summed E-state index contributed by atoms with van der Waals surface area (Å²) in [6, 6.07) is 3.69. The Morgan fingerprint density at radius 3 is 3.11 bits per heavy atom. The number of rotatable bonds is 2. The Hall–Kier alpha value is -1.46. The van der Waals surface area contributed by atoms with Crippen LogP contribution in [-0.2, 0) is 0 Å². The Morgan fingerprint density at radius 1 is 1.39 bits per heavy atom. The van der Waals surface area contributed by atoms with Gasteiger partial charge in [-0.05, 0) is 31.5 Å². The molecule has 5 nitrogen and oxygen atoms in total. The molecular formula is C12H13ClN4O. The van der Waals surface area contributed by atoms with Crippen LogP contribution >= 0.6 is 11.6 Å². The predicted molar refractivity (Wildman–Crippen MR) is 67.1 cm³/mol. The van der Waals surface area contributed by atoms with E-state index in [1.807, 2.05) is 0 Å². The zero-order valence-electron chi connectivity index (χ0n) is 9.77. The lowest BCUT2D eigenvalue weighted by atomic mass is 10.1. The van der Waals surface area contributed by atoms with Gasteiger partial charge < -0.3 is 9.84 Å². The Labute approximate surface area is 110 Å². The largest absolute Gasteiger partial charge is 0.337 e. The number of nitrogens with zero attached hydrogens (tertiary/aromatic N) is 3. The average molecular weight is 265 g/mol. The van der Waals surface area contributed by atoms with Gasteiger partial charge in [-0.3, -0.25) is 4.98 Å². The van der Waals surface area contributed by atoms with Crippen molar-refractivity contribution in [1.82, 2.24) is 20.4 Å². The van der Waals surface area contributed by atoms with Crippen LogP contribution in [0.25, 0.3) is 11.5 Å². The van der Waals surface area contributed by atoms with Crippen LogP contribution in [0.5, 0.6) is 0 Å². The molecular weight excluding hydrogens is 252 g/mol. The molecule has 6 heteroatoms. The minimum absolute atomic E-state index is 0.155. The van der Waals surface area contributed by atoms with E-state index in [1.165, 1.54) is 12.8 Å². The molecule has 94 valence electrons. The topological polar surface area (TPSA) is 63.8 Å². The number of hydrogen-bond acceptors (Lipinski definition) is 5. The molecule has 0 unspecified atom stereocenters. The molecule has 1 aliphatic rings. The molecule has 1 atom stereocenters. The van der Waals surface area contributed by atoms with Gasteiger partial charge in [0.15, 0.2) is 0 Å². The molecule has 0 aliphatic carbocycles. The highest BCUT2D eigenvalue weighted by Crippen LogP contribution is 2.26. The fourth-order valence-electron chi connectivity index (χ4n) is 2.09. The lowest BCUT2D eigenvalue weighted by Crippen LogP contribution is -2.26. The minimum Gasteiger partial charge on any atom is -0.337 e. The van der Waals surface area contributed by atoms with Gasteiger partial charge in [0.25, 0.3) is 0 Å². The standard InChI is InChI=1S/C12H13ClN4O/c13-8-4-3-7-15-10(8)11-16-12(18-17-11)9-5-1-2-6-14-9/h3-4,7,9,14H,1-2,5-6H2/t9-/m1/s1. The summed E-state index contributed by atoms with van der Waals surface area (Å²) < 4.78 is 5.29. The highest BCUT2D eigenvalue weighted by molar-refractivity contribution is 6.32. The highest BCUT2D eigenvalue weighted by atomic mass is 35.5. The van der Waals surface area contributed by atoms with E-state index in [2.05, 4.69) is 20.4 Å². The van der Waals surface area contributed by atoms with Crippen LogP contribution in [0.3, 0.4) is 0 Å². The number of halogens is 1. The summed E-state index contributed by atoms with van der Waals surface area (Å²) in [7, 11) is 0. The number of pyridine rings is 1. The van der Waals surface area contributed by atoms with Gasteiger partial charge in [0.2, 0.25) is 11.7 Å². The monoisotopic (exact) mass is 264 g/mol. The van der Waals surface area contributed by atoms with Gasteiger partial charge in [0.05, 0.1) is 11.1 Å². The van der Waals surface area contributed by atoms with Crippen molar-refractivity contribution in [2.24, 2.45) is 0 Å². The van der Waals surface area contributed by atoms with E-state index in [-0.39, 0.29) is 6.04 Å². The van der Waals surface area contributed by atoms with Crippen LogP contribution in [-0.4, -0.2) is 21.7 Å². The normalized spacial score (nSPS) is 19.9. The van der Waals surface area contributed by atoms with Gasteiger partial charge in [-0.1, -0.05) is 23.2 Å². The van der Waals surface area contributed by atoms with E-state index in [0.717, 1.165) is 13.0 Å². The summed E-state index contributed by atoms with van der Waals surface area (Å²) in [5, 5.41) is 7.84. The second-order valence-electron chi connectivity index (χ2n) is 4.29. The van der Waals surface area contributed by atoms with Gasteiger partial charge in [-0.2, -0.15) is 4.98 Å². The van der Waals surface area contributed by atoms with Crippen molar-refractivity contribution in [2.75, 3.05) is 6.54 Å². The maximum Gasteiger partial charge on any atom is 0.244 e. The zero-order valence-corrected chi connectivity index (χ0v) is 10.5. The van der Waals surface area contributed by atoms with E-state index >= 15 is 0 Å². The van der Waals surface area contributed by atoms with Gasteiger partial charge >= 0.3 is 0 Å². The molecule has 3 rings (SSSR count). The maximum absolute atomic E-state index is 6.05. The summed E-state index contributed by atoms with van der Waals surface area (Å²) >= 11 is 6.05. The predicted octanol–water partition coefficient (Wildman–Crippen LogP) is 2.60. The molecule has 0 amide bonds. The first kappa shape index (κ1) is 11.6. The molecule has 0 saturated carbocycles. The van der Waals surface area contributed by atoms with E-state index in [1.54, 1.807) is 18.3 Å². The smallest absolute Gasteiger partial charge is 0.244 e. The van der Waals surface area contributed by atoms with E-state index in [0.29, 0.717) is 22.4 Å². The minimum atomic E-state index is 0.155. The number of hydrogen-bond donors (Lipinski definition) is 1. The van der Waals surface area contributed by atoms with Crippen LogP contribution in [0.4, 0.5) is 0 Å². The molecule has 18 heavy (non-hydrogen) atoms. The molecule has 2 aromatic rings. The van der Waals surface area contributed by atoms with E-state index in [4.69, 9.17) is 16.1 Å². The molecule has 0 aromatic carbocycles. The molecule has 0 spiro atoms. The van der Waals surface area contributed by atoms with Crippen LogP contribution in [0.2, 0.25) is 5.02 Å². The first-order valence-corrected chi connectivity index (χ1v) is 6.40. The van der Waals surface area contributed by atoms with Crippen molar-refractivity contribution in [3.63, 3.8) is 0 Å². The second kappa shape index (κ2) is 5.04. The van der Waals surface area contributed by atoms with Crippen molar-refractivity contribution < 1.29 is 4.52 Å². The molecule has 3 heterocycles. The van der Waals surface area contributed by atoms with Crippen LogP contribution < -0.4 is 5.32 Å². The summed E-state index contributed by atoms with van der Waals surface area (Å²) in [6.45, 7) is 0.993. The van der Waals surface area contributed by atoms with Gasteiger partial charge in [-0.15, -0.1) is 0 Å². The first-order chi connectivity index (χ1) is 8.84. The Kier molecular flexibility index (Phi) is 3.25. The third kappa shape index (κ3) is 2.23. The molecule has 1 N–H and O–H groups in total. The molecule has 0 radical (unpaired) electrons. The van der Waals surface area contributed by atoms with Crippen LogP contribution in [0.15, 0.2) is 22.9 Å². The molecule has 1 aliphatic heterocycles. The molecule has 1 fully saturated rings. The molecule has 0 bridgehead atoms. The van der Waals surface area contributed by atoms with Crippen molar-refractivity contribution in [3.8, 4) is 11.5 Å². The third-order valence-corrected chi connectivity index (χ3v) is 3.33. The summed E-state index contributed by atoms with van der Waals surface area (Å²) in [5.74, 6) is 1.06. The summed E-state index contributed by atoms with van der Waals surface area (Å²) in [4.78, 5) is 8.55. The summed E-state index contributed by atoms with van der Waals surface area (Å²) in [5.41, 5.74) is 0.560. The van der Waals surface area contributed by atoms with Gasteiger partial charge in [0, 0.05) is 6.20 Å². The Morgan fingerprint density at radius 2 is 2.33 bits per heavy atom. The lowest BCUT2D eigenvalue weighted by Gasteiger charge is -2.19. The second-order valence-corrected chi connectivity index (χ2v) is 4.70. The third-order valence-electron chi connectivity index (χ3n) is 3.02. The van der Waals surface area contributed by atoms with Gasteiger partial charge in [-0.25, -0.2) is 0 Å². The average Bonchev–Trinajstić information content (AvgIpc) is 2.90. The van der Waals surface area contributed by atoms with Crippen molar-refractivity contribution in [3.05, 3.63) is 29.2 Å². The fraction of sp³-hybridized carbons (Fsp3) is 0.417. The van der Waals surface area contributed by atoms with Crippen LogP contribution in [0, 0.1) is 0 Å². The lowest BCUT2D eigenvalue weighted by molar-refractivity contribution is 0.297. The van der Waals surface area contributed by atoms with E-state index < -0.39 is 0 Å². The van der Waals surface area contributed by atoms with Crippen molar-refractivity contribution >= 4 is 11.6 Å². The first-order valence-electron chi connectivity index (χ1n) is 6.02. The Bertz CT molecular complexity index is 536. The van der Waals surface area contributed by atoms with E-state index in [9.17, 15) is 0 Å². The van der Waals surface area contributed by atoms with Crippen molar-refractivity contribution in [2.45, 2.75) is 25.3 Å². The Balaban J connectivity index is 1.87. The van der Waals surface area contributed by atoms with Crippen LogP contribution in [0.1, 0.15) is 31.2 Å². The number of nitrogens with one attached hydrogen (secondary N) is 1. The van der Waals surface area contributed by atoms with Gasteiger partial charge in [0.1, 0.15) is 5.69 Å². The number of piperidine rings is 1. The summed E-state index contributed by atoms with van der Waals surface area (Å²) in [6.07, 6.45) is 5.07. The maximum atomic E-state index is 6.05. The van der Waals surface area contributed by atoms with Crippen molar-refractivity contribution in [1.29, 1.82) is 0 Å². The molecule has 2 aromatic heterocycles. The quantitative estimate of drug-likeness (QED) is 0.903.